The minimum atomic E-state index is -4.22. The molecular formula is C25H22F2N4O3S. The summed E-state index contributed by atoms with van der Waals surface area (Å²) in [4.78, 5) is 3.78. The Balaban J connectivity index is 1.54. The smallest absolute Gasteiger partial charge is 0.262 e. The normalized spacial score (nSPS) is 16.7. The molecule has 0 saturated carbocycles. The molecule has 35 heavy (non-hydrogen) atoms. The second-order valence-electron chi connectivity index (χ2n) is 8.18. The lowest BCUT2D eigenvalue weighted by molar-refractivity contribution is -0.0367. The topological polar surface area (TPSA) is 86.1 Å². The number of sulfonamides is 1. The summed E-state index contributed by atoms with van der Waals surface area (Å²) in [6, 6.07) is 12.7. The van der Waals surface area contributed by atoms with Crippen molar-refractivity contribution in [3.63, 3.8) is 0 Å². The molecule has 7 nitrogen and oxygen atoms in total. The summed E-state index contributed by atoms with van der Waals surface area (Å²) >= 11 is 0. The first-order valence-corrected chi connectivity index (χ1v) is 12.6. The molecule has 0 aliphatic carbocycles. The molecule has 0 spiro atoms. The van der Waals surface area contributed by atoms with Crippen molar-refractivity contribution < 1.29 is 21.9 Å². The van der Waals surface area contributed by atoms with E-state index in [9.17, 15) is 17.2 Å². The molecule has 2 aromatic heterocycles. The predicted octanol–water partition coefficient (Wildman–Crippen LogP) is 5.38. The fraction of sp³-hybridized carbons (Fsp3) is 0.200. The summed E-state index contributed by atoms with van der Waals surface area (Å²) in [5.41, 5.74) is 2.36. The maximum absolute atomic E-state index is 13.6. The highest BCUT2D eigenvalue weighted by Gasteiger charge is 2.22. The van der Waals surface area contributed by atoms with Gasteiger partial charge in [-0.3, -0.25) is 9.71 Å². The SMILES string of the molecule is O=S(=O)(Nc1ccc2c(c1)c(/C=C/c1ccccn1)nn2C1CCCCO1)c1cc(F)cc(F)c1. The first-order valence-electron chi connectivity index (χ1n) is 11.1. The van der Waals surface area contributed by atoms with Crippen molar-refractivity contribution in [2.24, 2.45) is 0 Å². The molecule has 1 aliphatic heterocycles. The van der Waals surface area contributed by atoms with Gasteiger partial charge in [0.15, 0.2) is 6.23 Å². The lowest BCUT2D eigenvalue weighted by Crippen LogP contribution is -2.19. The molecule has 5 rings (SSSR count). The Morgan fingerprint density at radius 3 is 2.57 bits per heavy atom. The molecule has 2 aromatic carbocycles. The van der Waals surface area contributed by atoms with Gasteiger partial charge in [0.05, 0.1) is 21.8 Å². The molecule has 0 radical (unpaired) electrons. The number of nitrogens with zero attached hydrogens (tertiary/aromatic N) is 3. The third-order valence-corrected chi connectivity index (χ3v) is 7.02. The van der Waals surface area contributed by atoms with Crippen LogP contribution in [0.2, 0.25) is 0 Å². The van der Waals surface area contributed by atoms with Crippen LogP contribution in [-0.4, -0.2) is 29.8 Å². The summed E-state index contributed by atoms with van der Waals surface area (Å²) in [6.07, 6.45) is 7.93. The lowest BCUT2D eigenvalue weighted by Gasteiger charge is -2.23. The van der Waals surface area contributed by atoms with Crippen molar-refractivity contribution in [2.75, 3.05) is 11.3 Å². The van der Waals surface area contributed by atoms with Crippen molar-refractivity contribution >= 4 is 38.8 Å². The number of nitrogens with one attached hydrogen (secondary N) is 1. The Hall–Kier alpha value is -3.63. The second kappa shape index (κ2) is 9.55. The largest absolute Gasteiger partial charge is 0.356 e. The maximum Gasteiger partial charge on any atom is 0.262 e. The van der Waals surface area contributed by atoms with E-state index in [1.165, 1.54) is 0 Å². The van der Waals surface area contributed by atoms with E-state index in [1.807, 2.05) is 35.0 Å². The van der Waals surface area contributed by atoms with Crippen molar-refractivity contribution in [1.29, 1.82) is 0 Å². The molecule has 1 unspecified atom stereocenters. The maximum atomic E-state index is 13.6. The molecule has 10 heteroatoms. The Labute approximate surface area is 201 Å². The molecule has 0 bridgehead atoms. The highest BCUT2D eigenvalue weighted by Crippen LogP contribution is 2.31. The highest BCUT2D eigenvalue weighted by molar-refractivity contribution is 7.92. The number of hydrogen-bond acceptors (Lipinski definition) is 5. The number of rotatable bonds is 6. The number of anilines is 1. The van der Waals surface area contributed by atoms with Crippen LogP contribution in [0.15, 0.2) is 65.7 Å². The Kier molecular flexibility index (Phi) is 6.31. The summed E-state index contributed by atoms with van der Waals surface area (Å²) in [5, 5.41) is 5.44. The summed E-state index contributed by atoms with van der Waals surface area (Å²) in [7, 11) is -4.22. The molecule has 1 atom stereocenters. The molecule has 1 aliphatic rings. The predicted molar refractivity (Wildman–Crippen MR) is 129 cm³/mol. The molecular weight excluding hydrogens is 474 g/mol. The molecule has 0 amide bonds. The van der Waals surface area contributed by atoms with Crippen molar-refractivity contribution in [1.82, 2.24) is 14.8 Å². The van der Waals surface area contributed by atoms with Crippen molar-refractivity contribution in [2.45, 2.75) is 30.4 Å². The minimum absolute atomic E-state index is 0.221. The molecule has 3 heterocycles. The summed E-state index contributed by atoms with van der Waals surface area (Å²) in [5.74, 6) is -1.95. The van der Waals surface area contributed by atoms with E-state index < -0.39 is 26.6 Å². The van der Waals surface area contributed by atoms with Crippen LogP contribution in [0, 0.1) is 11.6 Å². The Morgan fingerprint density at radius 1 is 1.03 bits per heavy atom. The zero-order valence-electron chi connectivity index (χ0n) is 18.6. The Bertz CT molecular complexity index is 1480. The third-order valence-electron chi connectivity index (χ3n) is 5.66. The van der Waals surface area contributed by atoms with Crippen LogP contribution < -0.4 is 4.72 Å². The number of aromatic nitrogens is 3. The van der Waals surface area contributed by atoms with E-state index in [1.54, 1.807) is 24.4 Å². The minimum Gasteiger partial charge on any atom is -0.356 e. The lowest BCUT2D eigenvalue weighted by atomic mass is 10.1. The van der Waals surface area contributed by atoms with Crippen molar-refractivity contribution in [3.05, 3.63) is 83.8 Å². The average Bonchev–Trinajstić information content (AvgIpc) is 3.21. The number of halogens is 2. The van der Waals surface area contributed by atoms with Gasteiger partial charge in [0.25, 0.3) is 10.0 Å². The van der Waals surface area contributed by atoms with Gasteiger partial charge >= 0.3 is 0 Å². The second-order valence-corrected chi connectivity index (χ2v) is 9.86. The van der Waals surface area contributed by atoms with E-state index in [0.717, 1.165) is 42.6 Å². The van der Waals surface area contributed by atoms with E-state index in [0.29, 0.717) is 23.8 Å². The van der Waals surface area contributed by atoms with Gasteiger partial charge < -0.3 is 4.74 Å². The van der Waals surface area contributed by atoms with Gasteiger partial charge in [-0.2, -0.15) is 5.10 Å². The van der Waals surface area contributed by atoms with Crippen LogP contribution in [0.1, 0.15) is 36.9 Å². The van der Waals surface area contributed by atoms with Gasteiger partial charge in [0.2, 0.25) is 0 Å². The highest BCUT2D eigenvalue weighted by atomic mass is 32.2. The fourth-order valence-electron chi connectivity index (χ4n) is 4.02. The van der Waals surface area contributed by atoms with Gasteiger partial charge in [0.1, 0.15) is 11.6 Å². The van der Waals surface area contributed by atoms with Gasteiger partial charge in [0, 0.05) is 29.9 Å². The zero-order valence-corrected chi connectivity index (χ0v) is 19.4. The molecule has 1 fully saturated rings. The quantitative estimate of drug-likeness (QED) is 0.387. The monoisotopic (exact) mass is 496 g/mol. The molecule has 4 aromatic rings. The van der Waals surface area contributed by atoms with Crippen LogP contribution >= 0.6 is 0 Å². The first-order chi connectivity index (χ1) is 16.9. The van der Waals surface area contributed by atoms with Gasteiger partial charge in [-0.05, 0) is 73.9 Å². The van der Waals surface area contributed by atoms with E-state index >= 15 is 0 Å². The van der Waals surface area contributed by atoms with Crippen LogP contribution in [0.3, 0.4) is 0 Å². The van der Waals surface area contributed by atoms with Crippen LogP contribution in [0.5, 0.6) is 0 Å². The number of fused-ring (bicyclic) bond motifs is 1. The number of pyridine rings is 1. The molecule has 1 N–H and O–H groups in total. The van der Waals surface area contributed by atoms with Crippen LogP contribution in [0.4, 0.5) is 14.5 Å². The number of ether oxygens (including phenoxy) is 1. The zero-order chi connectivity index (χ0) is 24.4. The van der Waals surface area contributed by atoms with E-state index in [4.69, 9.17) is 9.84 Å². The first kappa shape index (κ1) is 23.1. The summed E-state index contributed by atoms with van der Waals surface area (Å²) in [6.45, 7) is 0.646. The van der Waals surface area contributed by atoms with Gasteiger partial charge in [-0.15, -0.1) is 0 Å². The van der Waals surface area contributed by atoms with Gasteiger partial charge in [-0.1, -0.05) is 6.07 Å². The fourth-order valence-corrected chi connectivity index (χ4v) is 5.11. The van der Waals surface area contributed by atoms with Crippen LogP contribution in [-0.2, 0) is 14.8 Å². The number of benzene rings is 2. The molecule has 1 saturated heterocycles. The van der Waals surface area contributed by atoms with Crippen LogP contribution in [0.25, 0.3) is 23.1 Å². The average molecular weight is 497 g/mol. The van der Waals surface area contributed by atoms with Gasteiger partial charge in [-0.25, -0.2) is 21.9 Å². The standard InChI is InChI=1S/C25H22F2N4O3S/c26-17-13-18(27)15-21(14-17)35(32,33)30-20-8-10-24-22(16-20)23(9-7-19-5-1-3-11-28-19)29-31(24)25-6-2-4-12-34-25/h1,3,5,7-11,13-16,25,30H,2,4,6,12H2/b9-7+. The molecule has 180 valence electrons. The van der Waals surface area contributed by atoms with E-state index in [-0.39, 0.29) is 11.9 Å². The van der Waals surface area contributed by atoms with Crippen molar-refractivity contribution in [3.8, 4) is 0 Å². The Morgan fingerprint density at radius 2 is 1.86 bits per heavy atom. The third kappa shape index (κ3) is 5.08. The summed E-state index contributed by atoms with van der Waals surface area (Å²) < 4.78 is 62.9. The number of hydrogen-bond donors (Lipinski definition) is 1. The van der Waals surface area contributed by atoms with E-state index in [2.05, 4.69) is 9.71 Å².